The number of nitrogens with zero attached hydrogens (tertiary/aromatic N) is 3. The van der Waals surface area contributed by atoms with E-state index in [-0.39, 0.29) is 46.0 Å². The maximum absolute atomic E-state index is 13.9. The number of hydrogen-bond acceptors (Lipinski definition) is 4. The number of anilines is 1. The Morgan fingerprint density at radius 3 is 2.43 bits per heavy atom. The van der Waals surface area contributed by atoms with Crippen LogP contribution in [0, 0.1) is 17.0 Å². The van der Waals surface area contributed by atoms with Crippen LogP contribution >= 0.6 is 11.6 Å². The Kier molecular flexibility index (Phi) is 6.03. The Bertz CT molecular complexity index is 1190. The van der Waals surface area contributed by atoms with Gasteiger partial charge in [0, 0.05) is 30.1 Å². The molecule has 0 atom stereocenters. The third kappa shape index (κ3) is 4.17. The third-order valence-corrected chi connectivity index (χ3v) is 7.89. The summed E-state index contributed by atoms with van der Waals surface area (Å²) in [6.45, 7) is 0.386. The first-order chi connectivity index (χ1) is 16.7. The van der Waals surface area contributed by atoms with E-state index < -0.39 is 23.0 Å². The number of aromatic nitrogens is 2. The van der Waals surface area contributed by atoms with Crippen LogP contribution in [0.15, 0.2) is 18.5 Å². The predicted octanol–water partition coefficient (Wildman–Crippen LogP) is 3.80. The Labute approximate surface area is 205 Å². The van der Waals surface area contributed by atoms with E-state index in [0.717, 1.165) is 25.0 Å². The molecule has 3 N–H and O–H groups in total. The van der Waals surface area contributed by atoms with Crippen molar-refractivity contribution >= 4 is 35.0 Å². The molecular formula is C24H26ClF2N5O3. The Morgan fingerprint density at radius 1 is 1.11 bits per heavy atom. The summed E-state index contributed by atoms with van der Waals surface area (Å²) in [5.41, 5.74) is 4.95. The van der Waals surface area contributed by atoms with Gasteiger partial charge in [-0.25, -0.2) is 13.8 Å². The number of halogens is 3. The Balaban J connectivity index is 1.34. The van der Waals surface area contributed by atoms with Gasteiger partial charge in [-0.15, -0.1) is 0 Å². The van der Waals surface area contributed by atoms with Gasteiger partial charge in [0.05, 0.1) is 17.0 Å². The average Bonchev–Trinajstić information content (AvgIpc) is 3.53. The van der Waals surface area contributed by atoms with Gasteiger partial charge in [-0.2, -0.15) is 0 Å². The molecule has 0 unspecified atom stereocenters. The van der Waals surface area contributed by atoms with Crippen molar-refractivity contribution < 1.29 is 23.2 Å². The average molecular weight is 506 g/mol. The quantitative estimate of drug-likeness (QED) is 0.602. The number of amides is 3. The highest BCUT2D eigenvalue weighted by Crippen LogP contribution is 2.48. The number of imidazole rings is 1. The summed E-state index contributed by atoms with van der Waals surface area (Å²) < 4.78 is 27.5. The number of carbonyl (C=O) groups is 3. The minimum Gasteiger partial charge on any atom is -0.364 e. The number of primary amides is 1. The summed E-state index contributed by atoms with van der Waals surface area (Å²) in [5.74, 6) is -3.31. The standard InChI is InChI=1S/C24H26ClF2N5O3/c25-15-10-16(26)17(27)11-18(15)31-9-1-6-24(23(31)35)7-4-14(5-8-24)32(13-2-3-13)22(34)20-19(21(28)33)29-12-30-20/h10-14H,1-9H2,(H2,28,33)(H,29,30). The Morgan fingerprint density at radius 2 is 1.77 bits per heavy atom. The van der Waals surface area contributed by atoms with Gasteiger partial charge in [0.25, 0.3) is 11.8 Å². The lowest BCUT2D eigenvalue weighted by Gasteiger charge is -2.47. The highest BCUT2D eigenvalue weighted by atomic mass is 35.5. The van der Waals surface area contributed by atoms with Crippen LogP contribution in [0.25, 0.3) is 0 Å². The van der Waals surface area contributed by atoms with Crippen LogP contribution in [-0.4, -0.2) is 51.2 Å². The van der Waals surface area contributed by atoms with Crippen LogP contribution in [0.4, 0.5) is 14.5 Å². The van der Waals surface area contributed by atoms with Gasteiger partial charge < -0.3 is 20.5 Å². The number of aromatic amines is 1. The summed E-state index contributed by atoms with van der Waals surface area (Å²) in [4.78, 5) is 48.6. The smallest absolute Gasteiger partial charge is 0.273 e. The van der Waals surface area contributed by atoms with E-state index in [9.17, 15) is 23.2 Å². The number of benzene rings is 1. The van der Waals surface area contributed by atoms with Crippen molar-refractivity contribution in [3.8, 4) is 0 Å². The fourth-order valence-electron chi connectivity index (χ4n) is 5.67. The molecule has 3 aliphatic rings. The number of rotatable bonds is 5. The molecule has 8 nitrogen and oxygen atoms in total. The van der Waals surface area contributed by atoms with Gasteiger partial charge in [0.15, 0.2) is 17.3 Å². The highest BCUT2D eigenvalue weighted by Gasteiger charge is 2.49. The van der Waals surface area contributed by atoms with Crippen LogP contribution in [0.2, 0.25) is 5.02 Å². The number of H-pyrrole nitrogens is 1. The molecule has 186 valence electrons. The molecule has 2 aliphatic carbocycles. The van der Waals surface area contributed by atoms with E-state index in [0.29, 0.717) is 45.1 Å². The molecule has 1 spiro atoms. The van der Waals surface area contributed by atoms with E-state index in [1.165, 1.54) is 11.2 Å². The molecule has 0 radical (unpaired) electrons. The zero-order valence-electron chi connectivity index (χ0n) is 19.0. The molecule has 2 heterocycles. The summed E-state index contributed by atoms with van der Waals surface area (Å²) in [6, 6.07) is 1.88. The van der Waals surface area contributed by atoms with Crippen molar-refractivity contribution in [3.63, 3.8) is 0 Å². The lowest BCUT2D eigenvalue weighted by molar-refractivity contribution is -0.133. The molecule has 3 fully saturated rings. The molecule has 11 heteroatoms. The number of nitrogens with one attached hydrogen (secondary N) is 1. The lowest BCUT2D eigenvalue weighted by atomic mass is 9.67. The van der Waals surface area contributed by atoms with Crippen LogP contribution < -0.4 is 10.6 Å². The molecule has 5 rings (SSSR count). The molecule has 1 aliphatic heterocycles. The first-order valence-corrected chi connectivity index (χ1v) is 12.2. The van der Waals surface area contributed by atoms with Crippen LogP contribution in [0.3, 0.4) is 0 Å². The van der Waals surface area contributed by atoms with Crippen molar-refractivity contribution in [1.82, 2.24) is 14.9 Å². The normalized spacial score (nSPS) is 24.6. The molecule has 1 saturated heterocycles. The zero-order valence-corrected chi connectivity index (χ0v) is 19.8. The third-order valence-electron chi connectivity index (χ3n) is 7.58. The molecule has 2 aromatic rings. The topological polar surface area (TPSA) is 112 Å². The summed E-state index contributed by atoms with van der Waals surface area (Å²) >= 11 is 6.17. The van der Waals surface area contributed by atoms with E-state index >= 15 is 0 Å². The van der Waals surface area contributed by atoms with E-state index in [1.807, 2.05) is 4.90 Å². The maximum Gasteiger partial charge on any atom is 0.273 e. The minimum absolute atomic E-state index is 0.00157. The van der Waals surface area contributed by atoms with Crippen molar-refractivity contribution in [1.29, 1.82) is 0 Å². The minimum atomic E-state index is -1.06. The second kappa shape index (κ2) is 8.89. The van der Waals surface area contributed by atoms with Gasteiger partial charge in [0.1, 0.15) is 5.69 Å². The number of piperidine rings is 1. The zero-order chi connectivity index (χ0) is 24.9. The van der Waals surface area contributed by atoms with Crippen molar-refractivity contribution in [2.75, 3.05) is 11.4 Å². The van der Waals surface area contributed by atoms with Crippen molar-refractivity contribution in [2.24, 2.45) is 11.1 Å². The van der Waals surface area contributed by atoms with Crippen molar-refractivity contribution in [3.05, 3.63) is 46.5 Å². The van der Waals surface area contributed by atoms with E-state index in [4.69, 9.17) is 17.3 Å². The highest BCUT2D eigenvalue weighted by molar-refractivity contribution is 6.33. The summed E-state index contributed by atoms with van der Waals surface area (Å²) in [5, 5.41) is -0.00157. The number of hydrogen-bond donors (Lipinski definition) is 2. The molecule has 0 bridgehead atoms. The molecule has 1 aromatic carbocycles. The predicted molar refractivity (Wildman–Crippen MR) is 124 cm³/mol. The number of carbonyl (C=O) groups excluding carboxylic acids is 3. The van der Waals surface area contributed by atoms with E-state index in [1.54, 1.807) is 0 Å². The largest absolute Gasteiger partial charge is 0.364 e. The lowest BCUT2D eigenvalue weighted by Crippen LogP contribution is -2.53. The summed E-state index contributed by atoms with van der Waals surface area (Å²) in [6.07, 6.45) is 6.83. The van der Waals surface area contributed by atoms with Gasteiger partial charge in [-0.05, 0) is 57.4 Å². The molecular weight excluding hydrogens is 480 g/mol. The van der Waals surface area contributed by atoms with E-state index in [2.05, 4.69) is 9.97 Å². The second-order valence-corrected chi connectivity index (χ2v) is 10.1. The monoisotopic (exact) mass is 505 g/mol. The number of nitrogens with two attached hydrogens (primary N) is 1. The second-order valence-electron chi connectivity index (χ2n) is 9.72. The Hall–Kier alpha value is -3.01. The summed E-state index contributed by atoms with van der Waals surface area (Å²) in [7, 11) is 0. The van der Waals surface area contributed by atoms with Gasteiger partial charge in [-0.1, -0.05) is 11.6 Å². The molecule has 2 saturated carbocycles. The molecule has 35 heavy (non-hydrogen) atoms. The first-order valence-electron chi connectivity index (χ1n) is 11.8. The van der Waals surface area contributed by atoms with Crippen molar-refractivity contribution in [2.45, 2.75) is 63.5 Å². The van der Waals surface area contributed by atoms with Gasteiger partial charge >= 0.3 is 0 Å². The maximum atomic E-state index is 13.9. The van der Waals surface area contributed by atoms with Gasteiger partial charge in [-0.3, -0.25) is 14.4 Å². The van der Waals surface area contributed by atoms with Crippen LogP contribution in [0.5, 0.6) is 0 Å². The first kappa shape index (κ1) is 23.7. The van der Waals surface area contributed by atoms with Crippen LogP contribution in [-0.2, 0) is 4.79 Å². The molecule has 3 amide bonds. The van der Waals surface area contributed by atoms with Gasteiger partial charge in [0.2, 0.25) is 5.91 Å². The van der Waals surface area contributed by atoms with Crippen LogP contribution in [0.1, 0.15) is 72.3 Å². The fourth-order valence-corrected chi connectivity index (χ4v) is 5.92. The fraction of sp³-hybridized carbons (Fsp3) is 0.500. The molecule has 1 aromatic heterocycles. The SMILES string of the molecule is NC(=O)c1nc[nH]c1C(=O)N(C1CC1)C1CCC2(CCCN(c3cc(F)c(F)cc3Cl)C2=O)CC1.